The Morgan fingerprint density at radius 2 is 1.90 bits per heavy atom. The Hall–Kier alpha value is -2.24. The molecule has 2 rings (SSSR count). The maximum Gasteiger partial charge on any atom is 0.269 e. The van der Waals surface area contributed by atoms with Gasteiger partial charge in [-0.15, -0.1) is 0 Å². The van der Waals surface area contributed by atoms with Crippen LogP contribution in [0.25, 0.3) is 0 Å². The van der Waals surface area contributed by atoms with Gasteiger partial charge < -0.3 is 5.32 Å². The predicted molar refractivity (Wildman–Crippen MR) is 72.7 cm³/mol. The van der Waals surface area contributed by atoms with Crippen LogP contribution in [-0.4, -0.2) is 16.3 Å². The predicted octanol–water partition coefficient (Wildman–Crippen LogP) is 2.39. The molecule has 1 N–H and O–H groups in total. The average Bonchev–Trinajstić information content (AvgIpc) is 2.38. The van der Waals surface area contributed by atoms with Crippen LogP contribution in [0.5, 0.6) is 0 Å². The molecule has 0 atom stereocenters. The molecule has 1 aromatic carbocycles. The van der Waals surface area contributed by atoms with Gasteiger partial charge in [0.15, 0.2) is 0 Å². The van der Waals surface area contributed by atoms with E-state index in [1.807, 2.05) is 6.92 Å². The Labute approximate surface area is 115 Å². The molecule has 0 saturated heterocycles. The zero-order chi connectivity index (χ0) is 14.5. The summed E-state index contributed by atoms with van der Waals surface area (Å²) in [6.45, 7) is 2.79. The second kappa shape index (κ2) is 6.27. The number of nitrogens with one attached hydrogen (secondary N) is 1. The van der Waals surface area contributed by atoms with Gasteiger partial charge in [0, 0.05) is 18.7 Å². The molecule has 0 saturated carbocycles. The first-order chi connectivity index (χ1) is 9.58. The van der Waals surface area contributed by atoms with Gasteiger partial charge in [0.25, 0.3) is 5.56 Å². The van der Waals surface area contributed by atoms with Crippen molar-refractivity contribution in [1.29, 1.82) is 0 Å². The van der Waals surface area contributed by atoms with Crippen molar-refractivity contribution in [3.63, 3.8) is 0 Å². The number of nitrogens with zero attached hydrogens (tertiary/aromatic N) is 2. The van der Waals surface area contributed by atoms with E-state index < -0.39 is 11.6 Å². The van der Waals surface area contributed by atoms with Crippen molar-refractivity contribution in [2.45, 2.75) is 19.9 Å². The highest BCUT2D eigenvalue weighted by Crippen LogP contribution is 2.09. The Morgan fingerprint density at radius 3 is 2.50 bits per heavy atom. The third-order valence-electron chi connectivity index (χ3n) is 2.70. The van der Waals surface area contributed by atoms with Crippen LogP contribution in [0, 0.1) is 11.6 Å². The number of aromatic nitrogens is 2. The molecule has 0 bridgehead atoms. The molecule has 1 heterocycles. The van der Waals surface area contributed by atoms with E-state index in [1.54, 1.807) is 0 Å². The lowest BCUT2D eigenvalue weighted by atomic mass is 10.2. The molecule has 4 nitrogen and oxygen atoms in total. The summed E-state index contributed by atoms with van der Waals surface area (Å²) in [5.74, 6) is -1.34. The quantitative estimate of drug-likeness (QED) is 0.914. The van der Waals surface area contributed by atoms with Crippen molar-refractivity contribution < 1.29 is 8.78 Å². The number of halogens is 2. The summed E-state index contributed by atoms with van der Waals surface area (Å²) in [6, 6.07) is 4.57. The van der Waals surface area contributed by atoms with Crippen molar-refractivity contribution in [2.24, 2.45) is 0 Å². The van der Waals surface area contributed by atoms with Gasteiger partial charge in [-0.25, -0.2) is 13.5 Å². The first-order valence-corrected chi connectivity index (χ1v) is 6.34. The van der Waals surface area contributed by atoms with Gasteiger partial charge in [-0.1, -0.05) is 6.92 Å². The van der Waals surface area contributed by atoms with Gasteiger partial charge >= 0.3 is 0 Å². The summed E-state index contributed by atoms with van der Waals surface area (Å²) in [6.07, 6.45) is 2.46. The van der Waals surface area contributed by atoms with Crippen LogP contribution in [0.1, 0.15) is 18.9 Å². The van der Waals surface area contributed by atoms with Crippen molar-refractivity contribution in [3.8, 4) is 0 Å². The van der Waals surface area contributed by atoms with Gasteiger partial charge in [0.05, 0.1) is 18.4 Å². The number of anilines is 1. The summed E-state index contributed by atoms with van der Waals surface area (Å²) in [5.41, 5.74) is 0.667. The lowest BCUT2D eigenvalue weighted by Crippen LogP contribution is -2.23. The van der Waals surface area contributed by atoms with E-state index in [0.717, 1.165) is 23.7 Å². The lowest BCUT2D eigenvalue weighted by molar-refractivity contribution is 0.571. The second-order valence-electron chi connectivity index (χ2n) is 4.44. The van der Waals surface area contributed by atoms with Gasteiger partial charge in [-0.05, 0) is 24.1 Å². The Morgan fingerprint density at radius 1 is 1.20 bits per heavy atom. The van der Waals surface area contributed by atoms with Crippen LogP contribution >= 0.6 is 0 Å². The minimum Gasteiger partial charge on any atom is -0.384 e. The normalized spacial score (nSPS) is 10.6. The van der Waals surface area contributed by atoms with Crippen LogP contribution in [0.15, 0.2) is 35.3 Å². The first kappa shape index (κ1) is 14.2. The van der Waals surface area contributed by atoms with E-state index in [-0.39, 0.29) is 12.1 Å². The van der Waals surface area contributed by atoms with Gasteiger partial charge in [-0.3, -0.25) is 4.79 Å². The molecular weight excluding hydrogens is 264 g/mol. The van der Waals surface area contributed by atoms with E-state index >= 15 is 0 Å². The highest BCUT2D eigenvalue weighted by atomic mass is 19.1. The lowest BCUT2D eigenvalue weighted by Gasteiger charge is -2.07. The van der Waals surface area contributed by atoms with Gasteiger partial charge in [0.1, 0.15) is 11.6 Å². The van der Waals surface area contributed by atoms with E-state index in [2.05, 4.69) is 10.4 Å². The smallest absolute Gasteiger partial charge is 0.269 e. The fourth-order valence-electron chi connectivity index (χ4n) is 1.79. The molecular formula is C14H15F2N3O. The Kier molecular flexibility index (Phi) is 4.45. The maximum atomic E-state index is 13.1. The zero-order valence-corrected chi connectivity index (χ0v) is 11.1. The molecule has 6 heteroatoms. The van der Waals surface area contributed by atoms with Crippen molar-refractivity contribution in [3.05, 3.63) is 58.0 Å². The summed E-state index contributed by atoms with van der Waals surface area (Å²) in [5, 5.41) is 7.03. The van der Waals surface area contributed by atoms with Crippen LogP contribution in [0.3, 0.4) is 0 Å². The van der Waals surface area contributed by atoms with Crippen molar-refractivity contribution in [2.75, 3.05) is 11.9 Å². The Balaban J connectivity index is 2.19. The van der Waals surface area contributed by atoms with E-state index in [9.17, 15) is 13.6 Å². The molecule has 0 spiro atoms. The highest BCUT2D eigenvalue weighted by molar-refractivity contribution is 5.38. The molecule has 0 aliphatic heterocycles. The summed E-state index contributed by atoms with van der Waals surface area (Å²) >= 11 is 0. The second-order valence-corrected chi connectivity index (χ2v) is 4.44. The zero-order valence-electron chi connectivity index (χ0n) is 11.1. The number of hydrogen-bond donors (Lipinski definition) is 1. The molecule has 1 aromatic heterocycles. The summed E-state index contributed by atoms with van der Waals surface area (Å²) < 4.78 is 27.3. The molecule has 0 amide bonds. The largest absolute Gasteiger partial charge is 0.384 e. The van der Waals surface area contributed by atoms with Crippen molar-refractivity contribution >= 4 is 5.69 Å². The first-order valence-electron chi connectivity index (χ1n) is 6.34. The molecule has 106 valence electrons. The van der Waals surface area contributed by atoms with Gasteiger partial charge in [-0.2, -0.15) is 5.10 Å². The summed E-state index contributed by atoms with van der Waals surface area (Å²) in [7, 11) is 0. The number of hydrogen-bond acceptors (Lipinski definition) is 3. The maximum absolute atomic E-state index is 13.1. The van der Waals surface area contributed by atoms with E-state index in [4.69, 9.17) is 0 Å². The minimum atomic E-state index is -0.672. The summed E-state index contributed by atoms with van der Waals surface area (Å²) in [4.78, 5) is 11.9. The van der Waals surface area contributed by atoms with E-state index in [1.165, 1.54) is 24.4 Å². The third-order valence-corrected chi connectivity index (χ3v) is 2.70. The monoisotopic (exact) mass is 279 g/mol. The highest BCUT2D eigenvalue weighted by Gasteiger charge is 2.04. The molecule has 0 fully saturated rings. The number of rotatable bonds is 5. The van der Waals surface area contributed by atoms with Crippen LogP contribution in [0.2, 0.25) is 0 Å². The molecule has 0 radical (unpaired) electrons. The van der Waals surface area contributed by atoms with Crippen molar-refractivity contribution in [1.82, 2.24) is 9.78 Å². The third kappa shape index (κ3) is 3.63. The molecule has 0 aliphatic rings. The van der Waals surface area contributed by atoms with Crippen LogP contribution in [-0.2, 0) is 6.54 Å². The number of benzene rings is 1. The fraction of sp³-hybridized carbons (Fsp3) is 0.286. The van der Waals surface area contributed by atoms with Gasteiger partial charge in [0.2, 0.25) is 0 Å². The SMILES string of the molecule is CCCNc1cnn(Cc2cc(F)cc(F)c2)c(=O)c1. The van der Waals surface area contributed by atoms with E-state index in [0.29, 0.717) is 11.3 Å². The Bertz CT molecular complexity index is 635. The molecule has 2 aromatic rings. The molecule has 0 unspecified atom stereocenters. The molecule has 0 aliphatic carbocycles. The fourth-order valence-corrected chi connectivity index (χ4v) is 1.79. The minimum absolute atomic E-state index is 0.0293. The standard InChI is InChI=1S/C14H15F2N3O/c1-2-3-17-13-7-14(20)19(18-8-13)9-10-4-11(15)6-12(16)5-10/h4-8,17H,2-3,9H2,1H3. The molecule has 20 heavy (non-hydrogen) atoms. The topological polar surface area (TPSA) is 46.9 Å². The average molecular weight is 279 g/mol. The van der Waals surface area contributed by atoms with Crippen LogP contribution < -0.4 is 10.9 Å². The van der Waals surface area contributed by atoms with Crippen LogP contribution in [0.4, 0.5) is 14.5 Å².